The number of ether oxygens (including phenoxy) is 2. The van der Waals surface area contributed by atoms with Crippen molar-refractivity contribution in [2.45, 2.75) is 26.3 Å². The summed E-state index contributed by atoms with van der Waals surface area (Å²) >= 11 is 0. The molecule has 0 bridgehead atoms. The van der Waals surface area contributed by atoms with Crippen molar-refractivity contribution in [3.8, 4) is 11.5 Å². The second-order valence-electron chi connectivity index (χ2n) is 6.46. The van der Waals surface area contributed by atoms with Gasteiger partial charge in [-0.25, -0.2) is 0 Å². The first-order chi connectivity index (χ1) is 12.7. The number of fused-ring (bicyclic) bond motifs is 2. The standard InChI is InChI=1S/C21H22N2O3/c1-2-23(13-15-7-9-19-20(11-15)26-14-25-19)21(24)10-8-16-12-22-18-6-4-3-5-17(16)18/h3-7,9,11-12,22H,2,8,10,13-14H2,1H3. The number of H-pyrrole nitrogens is 1. The Labute approximate surface area is 152 Å². The Balaban J connectivity index is 1.41. The average Bonchev–Trinajstić information content (AvgIpc) is 3.30. The van der Waals surface area contributed by atoms with E-state index in [0.717, 1.165) is 29.0 Å². The quantitative estimate of drug-likeness (QED) is 0.734. The summed E-state index contributed by atoms with van der Waals surface area (Å²) < 4.78 is 10.8. The number of aromatic nitrogens is 1. The van der Waals surface area contributed by atoms with E-state index < -0.39 is 0 Å². The van der Waals surface area contributed by atoms with E-state index in [0.29, 0.717) is 19.5 Å². The number of aromatic amines is 1. The summed E-state index contributed by atoms with van der Waals surface area (Å²) in [6, 6.07) is 14.0. The van der Waals surface area contributed by atoms with Crippen LogP contribution in [0.5, 0.6) is 11.5 Å². The summed E-state index contributed by atoms with van der Waals surface area (Å²) in [7, 11) is 0. The number of para-hydroxylation sites is 1. The Morgan fingerprint density at radius 2 is 2.00 bits per heavy atom. The number of benzene rings is 2. The molecule has 26 heavy (non-hydrogen) atoms. The van der Waals surface area contributed by atoms with Crippen LogP contribution in [-0.2, 0) is 17.8 Å². The number of hydrogen-bond donors (Lipinski definition) is 1. The third kappa shape index (κ3) is 3.25. The summed E-state index contributed by atoms with van der Waals surface area (Å²) in [5, 5.41) is 1.19. The van der Waals surface area contributed by atoms with Crippen molar-refractivity contribution < 1.29 is 14.3 Å². The molecular formula is C21H22N2O3. The minimum atomic E-state index is 0.162. The Morgan fingerprint density at radius 3 is 2.88 bits per heavy atom. The number of amides is 1. The predicted octanol–water partition coefficient (Wildman–Crippen LogP) is 3.88. The van der Waals surface area contributed by atoms with Gasteiger partial charge in [0.25, 0.3) is 0 Å². The van der Waals surface area contributed by atoms with Crippen molar-refractivity contribution in [2.24, 2.45) is 0 Å². The number of hydrogen-bond acceptors (Lipinski definition) is 3. The predicted molar refractivity (Wildman–Crippen MR) is 100 cm³/mol. The van der Waals surface area contributed by atoms with E-state index in [2.05, 4.69) is 17.1 Å². The molecule has 0 saturated carbocycles. The van der Waals surface area contributed by atoms with Crippen LogP contribution in [0.2, 0.25) is 0 Å². The largest absolute Gasteiger partial charge is 0.454 e. The molecule has 0 aliphatic carbocycles. The van der Waals surface area contributed by atoms with Gasteiger partial charge in [-0.15, -0.1) is 0 Å². The van der Waals surface area contributed by atoms with Gasteiger partial charge in [-0.1, -0.05) is 24.3 Å². The zero-order valence-corrected chi connectivity index (χ0v) is 14.8. The van der Waals surface area contributed by atoms with Crippen LogP contribution in [0.25, 0.3) is 10.9 Å². The van der Waals surface area contributed by atoms with Gasteiger partial charge in [-0.05, 0) is 42.7 Å². The molecule has 1 aliphatic rings. The molecule has 5 heteroatoms. The number of carbonyl (C=O) groups excluding carboxylic acids is 1. The normalized spacial score (nSPS) is 12.5. The summed E-state index contributed by atoms with van der Waals surface area (Å²) in [5.41, 5.74) is 3.35. The summed E-state index contributed by atoms with van der Waals surface area (Å²) in [5.74, 6) is 1.68. The maximum Gasteiger partial charge on any atom is 0.231 e. The molecule has 2 heterocycles. The van der Waals surface area contributed by atoms with Gasteiger partial charge in [0.15, 0.2) is 11.5 Å². The zero-order valence-electron chi connectivity index (χ0n) is 14.8. The molecule has 4 rings (SSSR count). The maximum absolute atomic E-state index is 12.7. The molecule has 1 amide bonds. The summed E-state index contributed by atoms with van der Waals surface area (Å²) in [6.45, 7) is 3.54. The average molecular weight is 350 g/mol. The van der Waals surface area contributed by atoms with Crippen molar-refractivity contribution in [1.82, 2.24) is 9.88 Å². The lowest BCUT2D eigenvalue weighted by molar-refractivity contribution is -0.131. The molecule has 0 spiro atoms. The summed E-state index contributed by atoms with van der Waals surface area (Å²) in [4.78, 5) is 17.9. The van der Waals surface area contributed by atoms with Crippen LogP contribution in [0.4, 0.5) is 0 Å². The topological polar surface area (TPSA) is 54.6 Å². The number of nitrogens with one attached hydrogen (secondary N) is 1. The Bertz CT molecular complexity index is 932. The molecule has 0 atom stereocenters. The second-order valence-corrected chi connectivity index (χ2v) is 6.46. The van der Waals surface area contributed by atoms with Gasteiger partial charge in [0.05, 0.1) is 0 Å². The lowest BCUT2D eigenvalue weighted by atomic mass is 10.1. The van der Waals surface area contributed by atoms with Crippen LogP contribution in [0.1, 0.15) is 24.5 Å². The fraction of sp³-hybridized carbons (Fsp3) is 0.286. The monoisotopic (exact) mass is 350 g/mol. The first-order valence-electron chi connectivity index (χ1n) is 8.96. The third-order valence-electron chi connectivity index (χ3n) is 4.83. The van der Waals surface area contributed by atoms with Gasteiger partial charge in [0.1, 0.15) is 0 Å². The number of carbonyl (C=O) groups is 1. The molecule has 1 aromatic heterocycles. The fourth-order valence-corrected chi connectivity index (χ4v) is 3.37. The minimum absolute atomic E-state index is 0.162. The first-order valence-corrected chi connectivity index (χ1v) is 8.96. The maximum atomic E-state index is 12.7. The Kier molecular flexibility index (Phi) is 4.52. The molecular weight excluding hydrogens is 328 g/mol. The van der Waals surface area contributed by atoms with Gasteiger partial charge >= 0.3 is 0 Å². The number of aryl methyl sites for hydroxylation is 1. The lowest BCUT2D eigenvalue weighted by Crippen LogP contribution is -2.30. The molecule has 0 radical (unpaired) electrons. The highest BCUT2D eigenvalue weighted by atomic mass is 16.7. The van der Waals surface area contributed by atoms with E-state index in [4.69, 9.17) is 9.47 Å². The molecule has 0 fully saturated rings. The highest BCUT2D eigenvalue weighted by Gasteiger charge is 2.17. The van der Waals surface area contributed by atoms with Gasteiger partial charge in [-0.3, -0.25) is 4.79 Å². The Morgan fingerprint density at radius 1 is 1.15 bits per heavy atom. The molecule has 2 aromatic carbocycles. The molecule has 5 nitrogen and oxygen atoms in total. The molecule has 0 saturated heterocycles. The SMILES string of the molecule is CCN(Cc1ccc2c(c1)OCO2)C(=O)CCc1c[nH]c2ccccc12. The van der Waals surface area contributed by atoms with Crippen molar-refractivity contribution in [3.05, 3.63) is 59.8 Å². The van der Waals surface area contributed by atoms with Crippen LogP contribution >= 0.6 is 0 Å². The van der Waals surface area contributed by atoms with Gasteiger partial charge in [0.2, 0.25) is 12.7 Å². The Hall–Kier alpha value is -2.95. The fourth-order valence-electron chi connectivity index (χ4n) is 3.37. The lowest BCUT2D eigenvalue weighted by Gasteiger charge is -2.21. The summed E-state index contributed by atoms with van der Waals surface area (Å²) in [6.07, 6.45) is 3.24. The highest BCUT2D eigenvalue weighted by molar-refractivity contribution is 5.84. The second kappa shape index (κ2) is 7.12. The number of rotatable bonds is 6. The van der Waals surface area contributed by atoms with E-state index in [-0.39, 0.29) is 12.7 Å². The van der Waals surface area contributed by atoms with Gasteiger partial charge in [0, 0.05) is 36.6 Å². The van der Waals surface area contributed by atoms with Crippen LogP contribution in [-0.4, -0.2) is 29.1 Å². The van der Waals surface area contributed by atoms with E-state index in [1.807, 2.05) is 48.4 Å². The van der Waals surface area contributed by atoms with Crippen molar-refractivity contribution >= 4 is 16.8 Å². The molecule has 0 unspecified atom stereocenters. The molecule has 3 aromatic rings. The molecule has 1 aliphatic heterocycles. The number of nitrogens with zero attached hydrogens (tertiary/aromatic N) is 1. The van der Waals surface area contributed by atoms with E-state index in [9.17, 15) is 4.79 Å². The van der Waals surface area contributed by atoms with E-state index in [1.54, 1.807) is 0 Å². The van der Waals surface area contributed by atoms with Crippen molar-refractivity contribution in [1.29, 1.82) is 0 Å². The third-order valence-corrected chi connectivity index (χ3v) is 4.83. The van der Waals surface area contributed by atoms with Crippen LogP contribution in [0.3, 0.4) is 0 Å². The van der Waals surface area contributed by atoms with Crippen LogP contribution < -0.4 is 9.47 Å². The molecule has 1 N–H and O–H groups in total. The van der Waals surface area contributed by atoms with E-state index in [1.165, 1.54) is 10.9 Å². The van der Waals surface area contributed by atoms with Crippen LogP contribution in [0, 0.1) is 0 Å². The zero-order chi connectivity index (χ0) is 17.9. The first kappa shape index (κ1) is 16.5. The van der Waals surface area contributed by atoms with Gasteiger partial charge in [-0.2, -0.15) is 0 Å². The highest BCUT2D eigenvalue weighted by Crippen LogP contribution is 2.32. The van der Waals surface area contributed by atoms with Gasteiger partial charge < -0.3 is 19.4 Å². The van der Waals surface area contributed by atoms with Crippen LogP contribution in [0.15, 0.2) is 48.7 Å². The minimum Gasteiger partial charge on any atom is -0.454 e. The van der Waals surface area contributed by atoms with Crippen molar-refractivity contribution in [3.63, 3.8) is 0 Å². The molecule has 134 valence electrons. The smallest absolute Gasteiger partial charge is 0.231 e. The van der Waals surface area contributed by atoms with E-state index >= 15 is 0 Å². The van der Waals surface area contributed by atoms with Crippen molar-refractivity contribution in [2.75, 3.05) is 13.3 Å².